The fraction of sp³-hybridized carbons (Fsp3) is 0.156. The SMILES string of the molecule is OCC(Cc1ccccc1)Cc1cncn1C(c1ccccc1)(c1ccccc1)c1ccccc1. The topological polar surface area (TPSA) is 38.1 Å². The van der Waals surface area contributed by atoms with Crippen LogP contribution in [0.1, 0.15) is 27.9 Å². The molecule has 0 fully saturated rings. The van der Waals surface area contributed by atoms with Gasteiger partial charge in [-0.05, 0) is 41.0 Å². The number of rotatable bonds is 9. The average molecular weight is 459 g/mol. The summed E-state index contributed by atoms with van der Waals surface area (Å²) in [6, 6.07) is 42.3. The van der Waals surface area contributed by atoms with E-state index in [1.807, 2.05) is 18.6 Å². The van der Waals surface area contributed by atoms with Crippen LogP contribution in [-0.2, 0) is 18.4 Å². The van der Waals surface area contributed by atoms with Crippen LogP contribution in [0.15, 0.2) is 134 Å². The normalized spacial score (nSPS) is 12.4. The molecule has 0 aliphatic carbocycles. The number of aromatic nitrogens is 2. The Bertz CT molecular complexity index is 1220. The van der Waals surface area contributed by atoms with Gasteiger partial charge in [0.25, 0.3) is 0 Å². The van der Waals surface area contributed by atoms with Crippen molar-refractivity contribution in [1.82, 2.24) is 9.55 Å². The summed E-state index contributed by atoms with van der Waals surface area (Å²) in [6.45, 7) is 0.120. The number of nitrogens with zero attached hydrogens (tertiary/aromatic N) is 2. The Kier molecular flexibility index (Phi) is 6.87. The Morgan fingerprint density at radius 2 is 1.09 bits per heavy atom. The monoisotopic (exact) mass is 458 g/mol. The van der Waals surface area contributed by atoms with E-state index in [2.05, 4.69) is 125 Å². The molecule has 3 nitrogen and oxygen atoms in total. The maximum Gasteiger partial charge on any atom is 0.121 e. The summed E-state index contributed by atoms with van der Waals surface area (Å²) in [5.74, 6) is 0.0906. The summed E-state index contributed by atoms with van der Waals surface area (Å²) in [7, 11) is 0. The second kappa shape index (κ2) is 10.5. The fourth-order valence-corrected chi connectivity index (χ4v) is 5.18. The van der Waals surface area contributed by atoms with E-state index in [1.54, 1.807) is 0 Å². The lowest BCUT2D eigenvalue weighted by Crippen LogP contribution is -2.38. The molecule has 1 aromatic heterocycles. The van der Waals surface area contributed by atoms with Crippen LogP contribution in [0, 0.1) is 5.92 Å². The lowest BCUT2D eigenvalue weighted by molar-refractivity contribution is 0.222. The van der Waals surface area contributed by atoms with E-state index < -0.39 is 5.54 Å². The van der Waals surface area contributed by atoms with Crippen LogP contribution in [0.4, 0.5) is 0 Å². The molecule has 1 atom stereocenters. The Morgan fingerprint density at radius 3 is 1.54 bits per heavy atom. The Balaban J connectivity index is 1.67. The van der Waals surface area contributed by atoms with Crippen molar-refractivity contribution in [2.24, 2.45) is 5.92 Å². The summed E-state index contributed by atoms with van der Waals surface area (Å²) >= 11 is 0. The van der Waals surface area contributed by atoms with Gasteiger partial charge in [0.1, 0.15) is 5.54 Å². The predicted octanol–water partition coefficient (Wildman–Crippen LogP) is 6.12. The molecule has 174 valence electrons. The molecule has 35 heavy (non-hydrogen) atoms. The molecule has 0 spiro atoms. The second-order valence-corrected chi connectivity index (χ2v) is 9.01. The first-order valence-corrected chi connectivity index (χ1v) is 12.2. The lowest BCUT2D eigenvalue weighted by Gasteiger charge is -2.39. The van der Waals surface area contributed by atoms with Crippen molar-refractivity contribution < 1.29 is 5.11 Å². The zero-order valence-electron chi connectivity index (χ0n) is 19.7. The van der Waals surface area contributed by atoms with E-state index >= 15 is 0 Å². The third-order valence-corrected chi connectivity index (χ3v) is 6.77. The summed E-state index contributed by atoms with van der Waals surface area (Å²) in [4.78, 5) is 4.64. The highest BCUT2D eigenvalue weighted by molar-refractivity contribution is 5.51. The summed E-state index contributed by atoms with van der Waals surface area (Å²) in [5, 5.41) is 10.3. The van der Waals surface area contributed by atoms with Gasteiger partial charge >= 0.3 is 0 Å². The van der Waals surface area contributed by atoms with Gasteiger partial charge in [0.15, 0.2) is 0 Å². The second-order valence-electron chi connectivity index (χ2n) is 9.01. The molecule has 0 radical (unpaired) electrons. The Hall–Kier alpha value is -3.95. The van der Waals surface area contributed by atoms with E-state index in [9.17, 15) is 5.11 Å². The molecular weight excluding hydrogens is 428 g/mol. The Labute approximate surface area is 207 Å². The summed E-state index contributed by atoms with van der Waals surface area (Å²) in [6.07, 6.45) is 5.44. The molecule has 0 aliphatic rings. The van der Waals surface area contributed by atoms with Gasteiger partial charge in [-0.15, -0.1) is 0 Å². The van der Waals surface area contributed by atoms with Gasteiger partial charge in [-0.25, -0.2) is 4.98 Å². The number of aliphatic hydroxyl groups excluding tert-OH is 1. The van der Waals surface area contributed by atoms with Gasteiger partial charge in [0.2, 0.25) is 0 Å². The maximum atomic E-state index is 10.3. The van der Waals surface area contributed by atoms with Gasteiger partial charge in [0.05, 0.1) is 6.33 Å². The van der Waals surface area contributed by atoms with Gasteiger partial charge in [-0.2, -0.15) is 0 Å². The molecule has 5 rings (SSSR count). The van der Waals surface area contributed by atoms with Crippen LogP contribution >= 0.6 is 0 Å². The number of hydrogen-bond donors (Lipinski definition) is 1. The zero-order valence-corrected chi connectivity index (χ0v) is 19.7. The standard InChI is InChI=1S/C32H30N2O/c35-24-27(21-26-13-5-1-6-14-26)22-31-23-33-25-34(31)32(28-15-7-2-8-16-28,29-17-9-3-10-18-29)30-19-11-4-12-20-30/h1-20,23,25,27,35H,21-22,24H2. The van der Waals surface area contributed by atoms with Gasteiger partial charge < -0.3 is 9.67 Å². The van der Waals surface area contributed by atoms with Crippen molar-refractivity contribution in [3.8, 4) is 0 Å². The molecule has 0 saturated carbocycles. The molecule has 0 saturated heterocycles. The largest absolute Gasteiger partial charge is 0.396 e. The first-order valence-electron chi connectivity index (χ1n) is 12.2. The van der Waals surface area contributed by atoms with Crippen LogP contribution in [0.3, 0.4) is 0 Å². The molecule has 1 N–H and O–H groups in total. The number of imidazole rings is 1. The van der Waals surface area contributed by atoms with E-state index in [4.69, 9.17) is 0 Å². The van der Waals surface area contributed by atoms with Crippen LogP contribution in [-0.4, -0.2) is 21.3 Å². The van der Waals surface area contributed by atoms with E-state index in [-0.39, 0.29) is 12.5 Å². The molecule has 0 amide bonds. The molecule has 1 heterocycles. The van der Waals surface area contributed by atoms with E-state index in [1.165, 1.54) is 22.3 Å². The van der Waals surface area contributed by atoms with E-state index in [0.717, 1.165) is 18.5 Å². The molecule has 1 unspecified atom stereocenters. The van der Waals surface area contributed by atoms with Gasteiger partial charge in [0, 0.05) is 18.5 Å². The molecule has 5 aromatic rings. The van der Waals surface area contributed by atoms with E-state index in [0.29, 0.717) is 0 Å². The molecular formula is C32H30N2O. The fourth-order valence-electron chi connectivity index (χ4n) is 5.18. The lowest BCUT2D eigenvalue weighted by atomic mass is 9.76. The Morgan fingerprint density at radius 1 is 0.629 bits per heavy atom. The highest BCUT2D eigenvalue weighted by Crippen LogP contribution is 2.41. The summed E-state index contributed by atoms with van der Waals surface area (Å²) < 4.78 is 2.31. The highest BCUT2D eigenvalue weighted by Gasteiger charge is 2.39. The third-order valence-electron chi connectivity index (χ3n) is 6.77. The zero-order chi connectivity index (χ0) is 23.9. The number of benzene rings is 4. The number of aliphatic hydroxyl groups is 1. The molecule has 0 aliphatic heterocycles. The smallest absolute Gasteiger partial charge is 0.121 e. The van der Waals surface area contributed by atoms with Crippen molar-refractivity contribution in [2.75, 3.05) is 6.61 Å². The highest BCUT2D eigenvalue weighted by atomic mass is 16.3. The summed E-state index contributed by atoms with van der Waals surface area (Å²) in [5.41, 5.74) is 5.23. The maximum absolute atomic E-state index is 10.3. The van der Waals surface area contributed by atoms with Crippen LogP contribution in [0.25, 0.3) is 0 Å². The number of hydrogen-bond acceptors (Lipinski definition) is 2. The minimum Gasteiger partial charge on any atom is -0.396 e. The van der Waals surface area contributed by atoms with Crippen LogP contribution < -0.4 is 0 Å². The van der Waals surface area contributed by atoms with Crippen LogP contribution in [0.2, 0.25) is 0 Å². The molecule has 4 aromatic carbocycles. The van der Waals surface area contributed by atoms with Gasteiger partial charge in [-0.3, -0.25) is 0 Å². The first kappa shape index (κ1) is 22.8. The average Bonchev–Trinajstić information content (AvgIpc) is 3.39. The minimum absolute atomic E-state index is 0.0906. The molecule has 3 heteroatoms. The predicted molar refractivity (Wildman–Crippen MR) is 141 cm³/mol. The van der Waals surface area contributed by atoms with Crippen molar-refractivity contribution in [3.63, 3.8) is 0 Å². The molecule has 0 bridgehead atoms. The van der Waals surface area contributed by atoms with Crippen molar-refractivity contribution in [3.05, 3.63) is 162 Å². The van der Waals surface area contributed by atoms with Crippen molar-refractivity contribution in [1.29, 1.82) is 0 Å². The van der Waals surface area contributed by atoms with Crippen molar-refractivity contribution >= 4 is 0 Å². The van der Waals surface area contributed by atoms with Crippen LogP contribution in [0.5, 0.6) is 0 Å². The minimum atomic E-state index is -0.595. The van der Waals surface area contributed by atoms with Gasteiger partial charge in [-0.1, -0.05) is 121 Å². The first-order chi connectivity index (χ1) is 17.3. The third kappa shape index (κ3) is 4.55. The van der Waals surface area contributed by atoms with Crippen molar-refractivity contribution in [2.45, 2.75) is 18.4 Å². The quantitative estimate of drug-likeness (QED) is 0.270.